The lowest BCUT2D eigenvalue weighted by atomic mass is 9.84. The fraction of sp³-hybridized carbons (Fsp3) is 0.476. The minimum atomic E-state index is -0.268. The van der Waals surface area contributed by atoms with Crippen molar-refractivity contribution >= 4 is 5.91 Å². The van der Waals surface area contributed by atoms with Gasteiger partial charge in [-0.2, -0.15) is 0 Å². The molecule has 0 aliphatic carbocycles. The first-order valence-corrected chi connectivity index (χ1v) is 9.42. The summed E-state index contributed by atoms with van der Waals surface area (Å²) in [7, 11) is 0. The lowest BCUT2D eigenvalue weighted by Gasteiger charge is -2.53. The molecule has 0 unspecified atom stereocenters. The van der Waals surface area contributed by atoms with Crippen LogP contribution >= 0.6 is 0 Å². The topological polar surface area (TPSA) is 64.6 Å². The molecule has 142 valence electrons. The van der Waals surface area contributed by atoms with Gasteiger partial charge in [0, 0.05) is 31.1 Å². The zero-order valence-electron chi connectivity index (χ0n) is 15.9. The highest BCUT2D eigenvalue weighted by Crippen LogP contribution is 2.36. The molecule has 2 fully saturated rings. The van der Waals surface area contributed by atoms with E-state index in [2.05, 4.69) is 9.97 Å². The smallest absolute Gasteiger partial charge is 0.255 e. The number of hydrogen-bond donors (Lipinski definition) is 0. The van der Waals surface area contributed by atoms with E-state index in [0.29, 0.717) is 31.9 Å². The SMILES string of the molecule is Cc1cncc(C(=O)N2CC3(C[C@H](OCc4cccc(C)n4)CCO3)C2)c1. The number of rotatable bonds is 4. The van der Waals surface area contributed by atoms with Crippen LogP contribution in [0.3, 0.4) is 0 Å². The molecule has 4 heterocycles. The summed E-state index contributed by atoms with van der Waals surface area (Å²) in [5.74, 6) is 0.0208. The second-order valence-corrected chi connectivity index (χ2v) is 7.64. The molecular weight excluding hydrogens is 342 g/mol. The second kappa shape index (κ2) is 7.37. The van der Waals surface area contributed by atoms with Gasteiger partial charge >= 0.3 is 0 Å². The van der Waals surface area contributed by atoms with E-state index >= 15 is 0 Å². The Balaban J connectivity index is 1.32. The van der Waals surface area contributed by atoms with Crippen LogP contribution in [0.4, 0.5) is 0 Å². The van der Waals surface area contributed by atoms with Crippen molar-refractivity contribution in [2.45, 2.75) is 45.0 Å². The van der Waals surface area contributed by atoms with Crippen molar-refractivity contribution in [1.82, 2.24) is 14.9 Å². The van der Waals surface area contributed by atoms with E-state index in [9.17, 15) is 4.79 Å². The highest BCUT2D eigenvalue weighted by molar-refractivity contribution is 5.94. The van der Waals surface area contributed by atoms with Crippen molar-refractivity contribution in [3.05, 3.63) is 59.2 Å². The number of carbonyl (C=O) groups excluding carboxylic acids is 1. The summed E-state index contributed by atoms with van der Waals surface area (Å²) in [4.78, 5) is 23.1. The van der Waals surface area contributed by atoms with Gasteiger partial charge in [-0.05, 0) is 44.0 Å². The van der Waals surface area contributed by atoms with E-state index in [0.717, 1.165) is 29.8 Å². The van der Waals surface area contributed by atoms with Crippen LogP contribution in [0, 0.1) is 13.8 Å². The number of likely N-dealkylation sites (tertiary alicyclic amines) is 1. The summed E-state index contributed by atoms with van der Waals surface area (Å²) in [5.41, 5.74) is 3.31. The predicted molar refractivity (Wildman–Crippen MR) is 100 cm³/mol. The lowest BCUT2D eigenvalue weighted by Crippen LogP contribution is -2.67. The largest absolute Gasteiger partial charge is 0.372 e. The van der Waals surface area contributed by atoms with Gasteiger partial charge in [0.15, 0.2) is 0 Å². The number of pyridine rings is 2. The van der Waals surface area contributed by atoms with E-state index in [1.165, 1.54) is 0 Å². The Hall–Kier alpha value is -2.31. The first-order valence-electron chi connectivity index (χ1n) is 9.42. The van der Waals surface area contributed by atoms with Gasteiger partial charge in [-0.25, -0.2) is 0 Å². The standard InChI is InChI=1S/C21H25N3O3/c1-15-8-17(11-22-10-15)20(25)24-13-21(14-24)9-19(6-7-27-21)26-12-18-5-3-4-16(2)23-18/h3-5,8,10-11,19H,6-7,9,12-14H2,1-2H3/t19-/m1/s1. The molecule has 27 heavy (non-hydrogen) atoms. The number of carbonyl (C=O) groups is 1. The van der Waals surface area contributed by atoms with Crippen LogP contribution in [0.25, 0.3) is 0 Å². The van der Waals surface area contributed by atoms with Gasteiger partial charge in [-0.3, -0.25) is 14.8 Å². The number of aryl methyl sites for hydroxylation is 2. The molecule has 0 N–H and O–H groups in total. The molecular formula is C21H25N3O3. The highest BCUT2D eigenvalue weighted by atomic mass is 16.5. The van der Waals surface area contributed by atoms with Gasteiger partial charge in [0.1, 0.15) is 5.60 Å². The molecule has 2 aliphatic heterocycles. The molecule has 1 amide bonds. The Bertz CT molecular complexity index is 833. The number of amides is 1. The van der Waals surface area contributed by atoms with Crippen LogP contribution in [0.5, 0.6) is 0 Å². The van der Waals surface area contributed by atoms with Crippen LogP contribution in [0.2, 0.25) is 0 Å². The lowest BCUT2D eigenvalue weighted by molar-refractivity contribution is -0.188. The van der Waals surface area contributed by atoms with Gasteiger partial charge in [-0.15, -0.1) is 0 Å². The maximum atomic E-state index is 12.6. The Labute approximate surface area is 159 Å². The summed E-state index contributed by atoms with van der Waals surface area (Å²) >= 11 is 0. The van der Waals surface area contributed by atoms with Crippen molar-refractivity contribution in [2.75, 3.05) is 19.7 Å². The predicted octanol–water partition coefficient (Wildman–Crippen LogP) is 2.68. The van der Waals surface area contributed by atoms with Gasteiger partial charge < -0.3 is 14.4 Å². The van der Waals surface area contributed by atoms with E-state index < -0.39 is 0 Å². The molecule has 1 spiro atoms. The van der Waals surface area contributed by atoms with Gasteiger partial charge in [0.05, 0.1) is 37.1 Å². The Morgan fingerprint density at radius 2 is 2.19 bits per heavy atom. The van der Waals surface area contributed by atoms with Crippen LogP contribution in [-0.2, 0) is 16.1 Å². The minimum absolute atomic E-state index is 0.0208. The number of aromatic nitrogens is 2. The van der Waals surface area contributed by atoms with Crippen LogP contribution in [0.1, 0.15) is 40.2 Å². The molecule has 0 radical (unpaired) electrons. The fourth-order valence-corrected chi connectivity index (χ4v) is 3.88. The number of nitrogens with zero attached hydrogens (tertiary/aromatic N) is 3. The van der Waals surface area contributed by atoms with E-state index in [4.69, 9.17) is 9.47 Å². The average Bonchev–Trinajstić information content (AvgIpc) is 2.64. The Kier molecular flexibility index (Phi) is 4.93. The zero-order chi connectivity index (χ0) is 18.9. The summed E-state index contributed by atoms with van der Waals surface area (Å²) in [5, 5.41) is 0. The third-order valence-corrected chi connectivity index (χ3v) is 5.23. The van der Waals surface area contributed by atoms with Crippen molar-refractivity contribution in [3.8, 4) is 0 Å². The fourth-order valence-electron chi connectivity index (χ4n) is 3.88. The third kappa shape index (κ3) is 4.01. The van der Waals surface area contributed by atoms with Crippen molar-refractivity contribution < 1.29 is 14.3 Å². The van der Waals surface area contributed by atoms with Crippen molar-refractivity contribution in [3.63, 3.8) is 0 Å². The summed E-state index contributed by atoms with van der Waals surface area (Å²) in [6, 6.07) is 7.85. The average molecular weight is 367 g/mol. The van der Waals surface area contributed by atoms with Gasteiger partial charge in [0.25, 0.3) is 5.91 Å². The molecule has 1 atom stereocenters. The van der Waals surface area contributed by atoms with Crippen LogP contribution in [-0.4, -0.2) is 52.2 Å². The minimum Gasteiger partial charge on any atom is -0.372 e. The van der Waals surface area contributed by atoms with Crippen LogP contribution < -0.4 is 0 Å². The molecule has 6 nitrogen and oxygen atoms in total. The molecule has 4 rings (SSSR count). The van der Waals surface area contributed by atoms with Crippen LogP contribution in [0.15, 0.2) is 36.7 Å². The summed E-state index contributed by atoms with van der Waals surface area (Å²) < 4.78 is 12.1. The Morgan fingerprint density at radius 3 is 2.96 bits per heavy atom. The number of hydrogen-bond acceptors (Lipinski definition) is 5. The summed E-state index contributed by atoms with van der Waals surface area (Å²) in [6.45, 7) is 6.33. The van der Waals surface area contributed by atoms with E-state index in [-0.39, 0.29) is 17.6 Å². The maximum Gasteiger partial charge on any atom is 0.255 e. The van der Waals surface area contributed by atoms with Crippen molar-refractivity contribution in [1.29, 1.82) is 0 Å². The second-order valence-electron chi connectivity index (χ2n) is 7.64. The van der Waals surface area contributed by atoms with Crippen molar-refractivity contribution in [2.24, 2.45) is 0 Å². The zero-order valence-corrected chi connectivity index (χ0v) is 15.9. The molecule has 2 saturated heterocycles. The molecule has 6 heteroatoms. The quantitative estimate of drug-likeness (QED) is 0.831. The van der Waals surface area contributed by atoms with Gasteiger partial charge in [-0.1, -0.05) is 6.07 Å². The molecule has 2 aromatic rings. The normalized spacial score (nSPS) is 21.1. The molecule has 0 saturated carbocycles. The van der Waals surface area contributed by atoms with E-state index in [1.54, 1.807) is 12.4 Å². The summed E-state index contributed by atoms with van der Waals surface area (Å²) in [6.07, 6.45) is 5.21. The molecule has 2 aliphatic rings. The monoisotopic (exact) mass is 367 g/mol. The Morgan fingerprint density at radius 1 is 1.33 bits per heavy atom. The highest BCUT2D eigenvalue weighted by Gasteiger charge is 2.49. The van der Waals surface area contributed by atoms with E-state index in [1.807, 2.05) is 43.0 Å². The molecule has 0 bridgehead atoms. The van der Waals surface area contributed by atoms with Gasteiger partial charge in [0.2, 0.25) is 0 Å². The first-order chi connectivity index (χ1) is 13.0. The molecule has 0 aromatic carbocycles. The number of ether oxygens (including phenoxy) is 2. The first kappa shape index (κ1) is 18.1. The molecule has 2 aromatic heterocycles. The maximum absolute atomic E-state index is 12.6. The third-order valence-electron chi connectivity index (χ3n) is 5.23.